The number of unbranched alkanes of at least 4 members (excludes halogenated alkanes) is 8. The number of hydrogen-bond donors (Lipinski definition) is 0. The third kappa shape index (κ3) is 19.7. The van der Waals surface area contributed by atoms with Crippen molar-refractivity contribution in [2.24, 2.45) is 0 Å². The molecule has 0 radical (unpaired) electrons. The van der Waals surface area contributed by atoms with Crippen LogP contribution in [0.25, 0.3) is 0 Å². The lowest BCUT2D eigenvalue weighted by Gasteiger charge is -2.33. The molecular formula is C26H58O4S4Si2. The summed E-state index contributed by atoms with van der Waals surface area (Å²) in [6, 6.07) is 0. The molecular weight excluding hydrogens is 561 g/mol. The van der Waals surface area contributed by atoms with E-state index in [-0.39, 0.29) is 10.8 Å². The SMILES string of the molecule is CCCCCOC(CSSSSCC(OCCCCC)(OCCCCC)[SiH2]C)(OCCCCC)[SiH2]C. The average molecular weight is 619 g/mol. The summed E-state index contributed by atoms with van der Waals surface area (Å²) in [7, 11) is 6.57. The maximum atomic E-state index is 6.42. The summed E-state index contributed by atoms with van der Waals surface area (Å²) in [5, 5.41) is 0. The fourth-order valence-electron chi connectivity index (χ4n) is 3.57. The van der Waals surface area contributed by atoms with Gasteiger partial charge in [0.25, 0.3) is 0 Å². The van der Waals surface area contributed by atoms with E-state index in [2.05, 4.69) is 40.8 Å². The highest BCUT2D eigenvalue weighted by atomic mass is 33.7. The molecule has 0 unspecified atom stereocenters. The maximum Gasteiger partial charge on any atom is 0.154 e. The molecule has 0 N–H and O–H groups in total. The van der Waals surface area contributed by atoms with Crippen molar-refractivity contribution in [2.75, 3.05) is 37.9 Å². The lowest BCUT2D eigenvalue weighted by Crippen LogP contribution is -2.44. The number of ether oxygens (including phenoxy) is 4. The molecule has 0 atom stereocenters. The Balaban J connectivity index is 4.66. The molecule has 0 aromatic heterocycles. The van der Waals surface area contributed by atoms with E-state index in [0.717, 1.165) is 63.6 Å². The zero-order valence-electron chi connectivity index (χ0n) is 24.4. The normalized spacial score (nSPS) is 13.2. The molecule has 0 rings (SSSR count). The van der Waals surface area contributed by atoms with Crippen molar-refractivity contribution in [3.05, 3.63) is 0 Å². The first-order valence-electron chi connectivity index (χ1n) is 14.7. The predicted octanol–water partition coefficient (Wildman–Crippen LogP) is 8.23. The number of rotatable bonds is 29. The van der Waals surface area contributed by atoms with Crippen molar-refractivity contribution in [2.45, 2.75) is 129 Å². The average Bonchev–Trinajstić information content (AvgIpc) is 2.90. The van der Waals surface area contributed by atoms with Crippen LogP contribution in [0.15, 0.2) is 0 Å². The Hall–Kier alpha value is 1.67. The number of hydrogen-bond acceptors (Lipinski definition) is 8. The highest BCUT2D eigenvalue weighted by Crippen LogP contribution is 2.45. The zero-order chi connectivity index (χ0) is 26.8. The lowest BCUT2D eigenvalue weighted by atomic mass is 10.3. The molecule has 0 fully saturated rings. The highest BCUT2D eigenvalue weighted by Gasteiger charge is 2.32. The summed E-state index contributed by atoms with van der Waals surface area (Å²) >= 11 is 0. The Morgan fingerprint density at radius 1 is 0.472 bits per heavy atom. The molecule has 4 nitrogen and oxygen atoms in total. The monoisotopic (exact) mass is 618 g/mol. The minimum Gasteiger partial charge on any atom is -0.354 e. The van der Waals surface area contributed by atoms with E-state index in [4.69, 9.17) is 18.9 Å². The Bertz CT molecular complexity index is 404. The van der Waals surface area contributed by atoms with Crippen LogP contribution in [-0.4, -0.2) is 67.8 Å². The van der Waals surface area contributed by atoms with Gasteiger partial charge in [0.15, 0.2) is 10.8 Å². The van der Waals surface area contributed by atoms with Gasteiger partial charge in [-0.3, -0.25) is 0 Å². The van der Waals surface area contributed by atoms with Crippen molar-refractivity contribution in [1.82, 2.24) is 0 Å². The topological polar surface area (TPSA) is 36.9 Å². The van der Waals surface area contributed by atoms with Crippen LogP contribution in [0.3, 0.4) is 0 Å². The molecule has 36 heavy (non-hydrogen) atoms. The highest BCUT2D eigenvalue weighted by molar-refractivity contribution is 9.26. The van der Waals surface area contributed by atoms with Crippen molar-refractivity contribution in [3.63, 3.8) is 0 Å². The van der Waals surface area contributed by atoms with Crippen LogP contribution in [0.4, 0.5) is 0 Å². The van der Waals surface area contributed by atoms with Crippen LogP contribution in [0.5, 0.6) is 0 Å². The quantitative estimate of drug-likeness (QED) is 0.0359. The second-order valence-corrected chi connectivity index (χ2v) is 19.0. The van der Waals surface area contributed by atoms with Crippen LogP contribution in [0, 0.1) is 0 Å². The first-order chi connectivity index (χ1) is 17.6. The Morgan fingerprint density at radius 3 is 0.972 bits per heavy atom. The minimum absolute atomic E-state index is 0.324. The van der Waals surface area contributed by atoms with E-state index in [0.29, 0.717) is 0 Å². The molecule has 0 aromatic carbocycles. The van der Waals surface area contributed by atoms with E-state index >= 15 is 0 Å². The van der Waals surface area contributed by atoms with Gasteiger partial charge in [-0.05, 0) is 45.3 Å². The van der Waals surface area contributed by atoms with Crippen LogP contribution in [0.2, 0.25) is 13.1 Å². The second kappa shape index (κ2) is 26.9. The molecule has 0 amide bonds. The summed E-state index contributed by atoms with van der Waals surface area (Å²) in [4.78, 5) is 0. The molecule has 0 spiro atoms. The van der Waals surface area contributed by atoms with Gasteiger partial charge >= 0.3 is 0 Å². The van der Waals surface area contributed by atoms with Gasteiger partial charge in [0.1, 0.15) is 0 Å². The van der Waals surface area contributed by atoms with Gasteiger partial charge in [0.05, 0.1) is 30.5 Å². The molecule has 0 aromatic rings. The van der Waals surface area contributed by atoms with Crippen molar-refractivity contribution < 1.29 is 18.9 Å². The van der Waals surface area contributed by atoms with Crippen LogP contribution in [-0.2, 0) is 18.9 Å². The Kier molecular flexibility index (Phi) is 28.1. The first kappa shape index (κ1) is 37.7. The smallest absolute Gasteiger partial charge is 0.154 e. The fraction of sp³-hybridized carbons (Fsp3) is 1.00. The Morgan fingerprint density at radius 2 is 0.750 bits per heavy atom. The van der Waals surface area contributed by atoms with Gasteiger partial charge in [0, 0.05) is 26.4 Å². The standard InChI is InChI=1S/C26H58O4S4Si2/c1-7-11-15-19-27-25(35-5,28-20-16-12-8-2)23-31-33-34-32-24-26(36-6,29-21-17-13-9-3)30-22-18-14-10-4/h7-24,35-36H2,1-6H3. The molecule has 0 saturated heterocycles. The molecule has 218 valence electrons. The summed E-state index contributed by atoms with van der Waals surface area (Å²) in [6.07, 6.45) is 14.4. The predicted molar refractivity (Wildman–Crippen MR) is 176 cm³/mol. The molecule has 10 heteroatoms. The van der Waals surface area contributed by atoms with Gasteiger partial charge in [0.2, 0.25) is 0 Å². The molecule has 0 saturated carbocycles. The third-order valence-electron chi connectivity index (χ3n) is 6.21. The molecule has 0 aliphatic rings. The van der Waals surface area contributed by atoms with E-state index in [1.165, 1.54) is 51.4 Å². The largest absolute Gasteiger partial charge is 0.354 e. The first-order valence-corrected chi connectivity index (χ1v) is 24.1. The van der Waals surface area contributed by atoms with Crippen LogP contribution in [0.1, 0.15) is 105 Å². The van der Waals surface area contributed by atoms with E-state index in [9.17, 15) is 0 Å². The zero-order valence-corrected chi connectivity index (χ0v) is 30.5. The minimum atomic E-state index is -0.471. The Labute approximate surface area is 244 Å². The molecule has 0 aliphatic heterocycles. The summed E-state index contributed by atoms with van der Waals surface area (Å²) < 4.78 is 25.7. The van der Waals surface area contributed by atoms with Crippen LogP contribution >= 0.6 is 41.2 Å². The van der Waals surface area contributed by atoms with E-state index in [1.807, 2.05) is 41.2 Å². The lowest BCUT2D eigenvalue weighted by molar-refractivity contribution is -0.166. The van der Waals surface area contributed by atoms with Crippen molar-refractivity contribution in [3.8, 4) is 0 Å². The third-order valence-corrected chi connectivity index (χ3v) is 17.0. The van der Waals surface area contributed by atoms with Crippen molar-refractivity contribution >= 4 is 60.3 Å². The van der Waals surface area contributed by atoms with E-state index < -0.39 is 19.0 Å². The molecule has 0 heterocycles. The van der Waals surface area contributed by atoms with Gasteiger partial charge in [-0.1, -0.05) is 114 Å². The summed E-state index contributed by atoms with van der Waals surface area (Å²) in [6.45, 7) is 16.9. The maximum absolute atomic E-state index is 6.42. The van der Waals surface area contributed by atoms with Gasteiger partial charge in [-0.25, -0.2) is 0 Å². The van der Waals surface area contributed by atoms with Gasteiger partial charge in [-0.2, -0.15) is 0 Å². The van der Waals surface area contributed by atoms with Crippen molar-refractivity contribution in [1.29, 1.82) is 0 Å². The molecule has 0 aliphatic carbocycles. The fourth-order valence-corrected chi connectivity index (χ4v) is 14.3. The summed E-state index contributed by atoms with van der Waals surface area (Å²) in [5.74, 6) is 1.84. The van der Waals surface area contributed by atoms with Crippen LogP contribution < -0.4 is 0 Å². The molecule has 0 bridgehead atoms. The summed E-state index contributed by atoms with van der Waals surface area (Å²) in [5.41, 5.74) is -0.648. The van der Waals surface area contributed by atoms with E-state index in [1.54, 1.807) is 0 Å². The second-order valence-electron chi connectivity index (χ2n) is 9.41. The van der Waals surface area contributed by atoms with Gasteiger partial charge < -0.3 is 18.9 Å². The van der Waals surface area contributed by atoms with Gasteiger partial charge in [-0.15, -0.1) is 0 Å².